The van der Waals surface area contributed by atoms with Crippen LogP contribution in [-0.4, -0.2) is 12.5 Å². The number of aryl methyl sites for hydroxylation is 1. The number of amides is 1. The van der Waals surface area contributed by atoms with E-state index in [9.17, 15) is 4.79 Å². The molecule has 0 saturated heterocycles. The summed E-state index contributed by atoms with van der Waals surface area (Å²) in [7, 11) is 0. The van der Waals surface area contributed by atoms with Crippen LogP contribution in [0.5, 0.6) is 5.75 Å². The van der Waals surface area contributed by atoms with E-state index in [1.165, 1.54) is 0 Å². The molecule has 0 aromatic heterocycles. The van der Waals surface area contributed by atoms with Crippen molar-refractivity contribution in [3.05, 3.63) is 87.9 Å². The smallest absolute Gasteiger partial charge is 0.262 e. The summed E-state index contributed by atoms with van der Waals surface area (Å²) in [6, 6.07) is 20.5. The number of rotatable bonds is 7. The maximum Gasteiger partial charge on any atom is 0.262 e. The van der Waals surface area contributed by atoms with E-state index in [2.05, 4.69) is 10.6 Å². The van der Waals surface area contributed by atoms with Gasteiger partial charge in [0, 0.05) is 22.9 Å². The van der Waals surface area contributed by atoms with Crippen LogP contribution in [0.3, 0.4) is 0 Å². The molecule has 0 spiro atoms. The Hall–Kier alpha value is -2.69. The Morgan fingerprint density at radius 2 is 1.71 bits per heavy atom. The molecular formula is C22H20Cl2N2O2. The fourth-order valence-electron chi connectivity index (χ4n) is 2.54. The van der Waals surface area contributed by atoms with E-state index >= 15 is 0 Å². The third kappa shape index (κ3) is 5.65. The van der Waals surface area contributed by atoms with Crippen LogP contribution in [0.25, 0.3) is 0 Å². The molecule has 0 radical (unpaired) electrons. The average molecular weight is 415 g/mol. The zero-order valence-corrected chi connectivity index (χ0v) is 16.8. The van der Waals surface area contributed by atoms with Gasteiger partial charge < -0.3 is 15.4 Å². The number of hydrogen-bond donors (Lipinski definition) is 2. The van der Waals surface area contributed by atoms with Crippen molar-refractivity contribution in [3.8, 4) is 5.75 Å². The van der Waals surface area contributed by atoms with Crippen LogP contribution in [-0.2, 0) is 11.3 Å². The molecule has 0 atom stereocenters. The van der Waals surface area contributed by atoms with Gasteiger partial charge in [-0.25, -0.2) is 0 Å². The first-order valence-electron chi connectivity index (χ1n) is 8.77. The molecule has 0 aliphatic heterocycles. The Morgan fingerprint density at radius 3 is 2.43 bits per heavy atom. The molecule has 0 aliphatic rings. The molecular weight excluding hydrogens is 395 g/mol. The summed E-state index contributed by atoms with van der Waals surface area (Å²) in [6.07, 6.45) is 0. The lowest BCUT2D eigenvalue weighted by Crippen LogP contribution is -2.20. The predicted molar refractivity (Wildman–Crippen MR) is 116 cm³/mol. The molecule has 0 unspecified atom stereocenters. The number of anilines is 2. The van der Waals surface area contributed by atoms with Gasteiger partial charge in [-0.1, -0.05) is 53.5 Å². The topological polar surface area (TPSA) is 50.4 Å². The Kier molecular flexibility index (Phi) is 6.80. The van der Waals surface area contributed by atoms with E-state index in [-0.39, 0.29) is 12.5 Å². The van der Waals surface area contributed by atoms with Gasteiger partial charge in [-0.3, -0.25) is 4.79 Å². The number of halogens is 2. The molecule has 0 bridgehead atoms. The van der Waals surface area contributed by atoms with Crippen LogP contribution in [0.15, 0.2) is 66.7 Å². The summed E-state index contributed by atoms with van der Waals surface area (Å²) < 4.78 is 5.54. The largest absolute Gasteiger partial charge is 0.482 e. The van der Waals surface area contributed by atoms with Crippen molar-refractivity contribution in [1.29, 1.82) is 0 Å². The minimum atomic E-state index is -0.246. The van der Waals surface area contributed by atoms with Gasteiger partial charge in [0.2, 0.25) is 0 Å². The van der Waals surface area contributed by atoms with Crippen molar-refractivity contribution in [2.45, 2.75) is 13.5 Å². The number of para-hydroxylation sites is 1. The highest BCUT2D eigenvalue weighted by Crippen LogP contribution is 2.26. The third-order valence-corrected chi connectivity index (χ3v) is 4.78. The standard InChI is InChI=1S/C22H20Cl2N2O2/c1-15-7-9-18(12-19(15)23)25-13-16-8-10-21(20(24)11-16)28-14-22(27)26-17-5-3-2-4-6-17/h2-12,25H,13-14H2,1H3,(H,26,27). The molecule has 3 aromatic rings. The minimum Gasteiger partial charge on any atom is -0.482 e. The Balaban J connectivity index is 1.53. The van der Waals surface area contributed by atoms with Gasteiger partial charge in [0.15, 0.2) is 6.61 Å². The number of ether oxygens (including phenoxy) is 1. The second-order valence-corrected chi connectivity index (χ2v) is 7.10. The third-order valence-electron chi connectivity index (χ3n) is 4.08. The number of carbonyl (C=O) groups excluding carboxylic acids is 1. The number of benzene rings is 3. The lowest BCUT2D eigenvalue weighted by molar-refractivity contribution is -0.118. The molecule has 0 aliphatic carbocycles. The summed E-state index contributed by atoms with van der Waals surface area (Å²) in [5.74, 6) is 0.219. The zero-order valence-electron chi connectivity index (χ0n) is 15.3. The Labute approximate surface area is 174 Å². The fraction of sp³-hybridized carbons (Fsp3) is 0.136. The molecule has 3 rings (SSSR count). The summed E-state index contributed by atoms with van der Waals surface area (Å²) in [5.41, 5.74) is 3.68. The van der Waals surface area contributed by atoms with Crippen molar-refractivity contribution >= 4 is 40.5 Å². The molecule has 0 heterocycles. The first-order chi connectivity index (χ1) is 13.5. The molecule has 0 fully saturated rings. The van der Waals surface area contributed by atoms with E-state index in [4.69, 9.17) is 27.9 Å². The second kappa shape index (κ2) is 9.49. The highest BCUT2D eigenvalue weighted by Gasteiger charge is 2.08. The molecule has 28 heavy (non-hydrogen) atoms. The maximum absolute atomic E-state index is 12.0. The van der Waals surface area contributed by atoms with Gasteiger partial charge in [0.05, 0.1) is 5.02 Å². The predicted octanol–water partition coefficient (Wildman–Crippen LogP) is 5.93. The first-order valence-corrected chi connectivity index (χ1v) is 9.53. The van der Waals surface area contributed by atoms with E-state index in [1.807, 2.05) is 67.6 Å². The summed E-state index contributed by atoms with van der Waals surface area (Å²) in [4.78, 5) is 12.0. The van der Waals surface area contributed by atoms with Gasteiger partial charge in [-0.05, 0) is 54.4 Å². The van der Waals surface area contributed by atoms with Crippen molar-refractivity contribution < 1.29 is 9.53 Å². The van der Waals surface area contributed by atoms with Crippen LogP contribution in [0.4, 0.5) is 11.4 Å². The van der Waals surface area contributed by atoms with Gasteiger partial charge in [0.25, 0.3) is 5.91 Å². The highest BCUT2D eigenvalue weighted by molar-refractivity contribution is 6.32. The van der Waals surface area contributed by atoms with Crippen LogP contribution in [0.1, 0.15) is 11.1 Å². The fourth-order valence-corrected chi connectivity index (χ4v) is 2.98. The van der Waals surface area contributed by atoms with Crippen molar-refractivity contribution in [1.82, 2.24) is 0 Å². The van der Waals surface area contributed by atoms with Gasteiger partial charge in [0.1, 0.15) is 5.75 Å². The minimum absolute atomic E-state index is 0.117. The van der Waals surface area contributed by atoms with Crippen LogP contribution in [0, 0.1) is 6.92 Å². The van der Waals surface area contributed by atoms with E-state index < -0.39 is 0 Å². The zero-order chi connectivity index (χ0) is 19.9. The Morgan fingerprint density at radius 1 is 0.929 bits per heavy atom. The number of carbonyl (C=O) groups is 1. The SMILES string of the molecule is Cc1ccc(NCc2ccc(OCC(=O)Nc3ccccc3)c(Cl)c2)cc1Cl. The van der Waals surface area contributed by atoms with Crippen molar-refractivity contribution in [3.63, 3.8) is 0 Å². The normalized spacial score (nSPS) is 10.4. The lowest BCUT2D eigenvalue weighted by atomic mass is 10.2. The molecule has 2 N–H and O–H groups in total. The highest BCUT2D eigenvalue weighted by atomic mass is 35.5. The quantitative estimate of drug-likeness (QED) is 0.503. The van der Waals surface area contributed by atoms with Crippen LogP contribution < -0.4 is 15.4 Å². The van der Waals surface area contributed by atoms with E-state index in [0.717, 1.165) is 27.5 Å². The monoisotopic (exact) mass is 414 g/mol. The van der Waals surface area contributed by atoms with Crippen molar-refractivity contribution in [2.24, 2.45) is 0 Å². The van der Waals surface area contributed by atoms with E-state index in [1.54, 1.807) is 6.07 Å². The second-order valence-electron chi connectivity index (χ2n) is 6.29. The average Bonchev–Trinajstić information content (AvgIpc) is 2.69. The summed E-state index contributed by atoms with van der Waals surface area (Å²) >= 11 is 12.4. The number of nitrogens with one attached hydrogen (secondary N) is 2. The van der Waals surface area contributed by atoms with Crippen molar-refractivity contribution in [2.75, 3.05) is 17.2 Å². The molecule has 144 valence electrons. The van der Waals surface area contributed by atoms with Crippen LogP contribution >= 0.6 is 23.2 Å². The molecule has 1 amide bonds. The maximum atomic E-state index is 12.0. The molecule has 4 nitrogen and oxygen atoms in total. The first kappa shape index (κ1) is 20.1. The molecule has 6 heteroatoms. The van der Waals surface area contributed by atoms with Gasteiger partial charge >= 0.3 is 0 Å². The van der Waals surface area contributed by atoms with Crippen LogP contribution in [0.2, 0.25) is 10.0 Å². The van der Waals surface area contributed by atoms with Gasteiger partial charge in [-0.15, -0.1) is 0 Å². The lowest BCUT2D eigenvalue weighted by Gasteiger charge is -2.11. The van der Waals surface area contributed by atoms with E-state index in [0.29, 0.717) is 17.3 Å². The summed E-state index contributed by atoms with van der Waals surface area (Å²) in [5, 5.41) is 7.24. The Bertz CT molecular complexity index is 962. The molecule has 0 saturated carbocycles. The number of hydrogen-bond acceptors (Lipinski definition) is 3. The van der Waals surface area contributed by atoms with Gasteiger partial charge in [-0.2, -0.15) is 0 Å². The summed E-state index contributed by atoms with van der Waals surface area (Å²) in [6.45, 7) is 2.44. The molecule has 3 aromatic carbocycles.